The normalized spacial score (nSPS) is 10.7. The third-order valence-corrected chi connectivity index (χ3v) is 2.98. The van der Waals surface area contributed by atoms with E-state index in [4.69, 9.17) is 16.7 Å². The van der Waals surface area contributed by atoms with Crippen molar-refractivity contribution in [3.8, 4) is 17.1 Å². The Hall–Kier alpha value is -2.15. The molecular formula is C12H13ClN4O3. The molecule has 1 aromatic carbocycles. The zero-order chi connectivity index (χ0) is 14.5. The third kappa shape index (κ3) is 3.45. The van der Waals surface area contributed by atoms with E-state index in [1.807, 2.05) is 0 Å². The molecule has 1 heterocycles. The van der Waals surface area contributed by atoms with E-state index in [2.05, 4.69) is 15.5 Å². The number of carbonyl (C=O) groups is 1. The molecule has 0 aliphatic rings. The molecule has 1 aromatic heterocycles. The van der Waals surface area contributed by atoms with Gasteiger partial charge in [-0.25, -0.2) is 4.68 Å². The minimum absolute atomic E-state index is 0.0379. The van der Waals surface area contributed by atoms with Crippen molar-refractivity contribution in [2.24, 2.45) is 0 Å². The first-order valence-electron chi connectivity index (χ1n) is 6.05. The van der Waals surface area contributed by atoms with Crippen molar-refractivity contribution >= 4 is 17.6 Å². The third-order valence-electron chi connectivity index (χ3n) is 2.74. The fraction of sp³-hybridized carbons (Fsp3) is 0.333. The summed E-state index contributed by atoms with van der Waals surface area (Å²) in [5.74, 6) is -0.384. The Morgan fingerprint density at radius 1 is 1.35 bits per heavy atom. The number of carboxylic acids is 1. The highest BCUT2D eigenvalue weighted by Crippen LogP contribution is 2.29. The smallest absolute Gasteiger partial charge is 0.303 e. The van der Waals surface area contributed by atoms with E-state index in [1.54, 1.807) is 12.1 Å². The zero-order valence-corrected chi connectivity index (χ0v) is 11.3. The lowest BCUT2D eigenvalue weighted by atomic mass is 10.2. The molecule has 0 fully saturated rings. The lowest BCUT2D eigenvalue weighted by Gasteiger charge is -2.06. The number of halogens is 1. The number of carboxylic acid groups (broad SMARTS) is 1. The van der Waals surface area contributed by atoms with E-state index >= 15 is 0 Å². The van der Waals surface area contributed by atoms with E-state index in [-0.39, 0.29) is 12.2 Å². The summed E-state index contributed by atoms with van der Waals surface area (Å²) < 4.78 is 1.52. The lowest BCUT2D eigenvalue weighted by Crippen LogP contribution is -2.04. The summed E-state index contributed by atoms with van der Waals surface area (Å²) in [5, 5.41) is 30.2. The van der Waals surface area contributed by atoms with Gasteiger partial charge in [-0.3, -0.25) is 4.79 Å². The molecule has 0 amide bonds. The van der Waals surface area contributed by atoms with Crippen molar-refractivity contribution in [2.75, 3.05) is 0 Å². The van der Waals surface area contributed by atoms with Gasteiger partial charge in [0.25, 0.3) is 0 Å². The number of aliphatic carboxylic acids is 1. The minimum atomic E-state index is -0.825. The van der Waals surface area contributed by atoms with Crippen LogP contribution in [0.2, 0.25) is 5.02 Å². The maximum Gasteiger partial charge on any atom is 0.303 e. The van der Waals surface area contributed by atoms with Gasteiger partial charge in [-0.2, -0.15) is 0 Å². The molecule has 0 bridgehead atoms. The van der Waals surface area contributed by atoms with Gasteiger partial charge in [-0.1, -0.05) is 11.6 Å². The molecule has 0 spiro atoms. The Labute approximate surface area is 119 Å². The van der Waals surface area contributed by atoms with E-state index in [9.17, 15) is 9.90 Å². The fourth-order valence-electron chi connectivity index (χ4n) is 1.77. The van der Waals surface area contributed by atoms with Gasteiger partial charge < -0.3 is 10.2 Å². The first-order chi connectivity index (χ1) is 9.58. The predicted molar refractivity (Wildman–Crippen MR) is 71.4 cm³/mol. The highest BCUT2D eigenvalue weighted by atomic mass is 35.5. The molecule has 8 heteroatoms. The number of benzene rings is 1. The van der Waals surface area contributed by atoms with Gasteiger partial charge in [0, 0.05) is 18.0 Å². The number of aromatic nitrogens is 4. The SMILES string of the molecule is O=C(O)CCCCn1nnnc1-c1cc(Cl)ccc1O. The summed E-state index contributed by atoms with van der Waals surface area (Å²) in [5.41, 5.74) is 0.445. The van der Waals surface area contributed by atoms with Gasteiger partial charge in [-0.05, 0) is 41.5 Å². The van der Waals surface area contributed by atoms with Crippen molar-refractivity contribution < 1.29 is 15.0 Å². The average molecular weight is 297 g/mol. The second-order valence-corrected chi connectivity index (χ2v) is 4.67. The summed E-state index contributed by atoms with van der Waals surface area (Å²) in [7, 11) is 0. The van der Waals surface area contributed by atoms with Crippen LogP contribution < -0.4 is 0 Å². The van der Waals surface area contributed by atoms with Gasteiger partial charge in [0.15, 0.2) is 5.82 Å². The zero-order valence-electron chi connectivity index (χ0n) is 10.5. The second kappa shape index (κ2) is 6.33. The number of phenols is 1. The number of phenolic OH excluding ortho intramolecular Hbond substituents is 1. The van der Waals surface area contributed by atoms with E-state index in [0.29, 0.717) is 35.8 Å². The number of nitrogens with zero attached hydrogens (tertiary/aromatic N) is 4. The molecule has 2 rings (SSSR count). The minimum Gasteiger partial charge on any atom is -0.507 e. The Morgan fingerprint density at radius 3 is 2.90 bits per heavy atom. The van der Waals surface area contributed by atoms with E-state index < -0.39 is 5.97 Å². The molecule has 7 nitrogen and oxygen atoms in total. The number of tetrazole rings is 1. The Kier molecular flexibility index (Phi) is 4.52. The first kappa shape index (κ1) is 14.3. The van der Waals surface area contributed by atoms with Crippen molar-refractivity contribution in [3.05, 3.63) is 23.2 Å². The monoisotopic (exact) mass is 296 g/mol. The Balaban J connectivity index is 2.12. The highest BCUT2D eigenvalue weighted by Gasteiger charge is 2.13. The predicted octanol–water partition coefficient (Wildman–Crippen LogP) is 1.95. The summed E-state index contributed by atoms with van der Waals surface area (Å²) in [6.45, 7) is 0.474. The van der Waals surface area contributed by atoms with Crippen LogP contribution in [-0.2, 0) is 11.3 Å². The van der Waals surface area contributed by atoms with Crippen LogP contribution in [0.4, 0.5) is 0 Å². The maximum atomic E-state index is 10.4. The van der Waals surface area contributed by atoms with Crippen LogP contribution in [0.15, 0.2) is 18.2 Å². The molecule has 0 radical (unpaired) electrons. The quantitative estimate of drug-likeness (QED) is 0.790. The van der Waals surface area contributed by atoms with Gasteiger partial charge in [0.1, 0.15) is 5.75 Å². The average Bonchev–Trinajstić information content (AvgIpc) is 2.85. The number of hydrogen-bond donors (Lipinski definition) is 2. The molecule has 0 unspecified atom stereocenters. The highest BCUT2D eigenvalue weighted by molar-refractivity contribution is 6.30. The van der Waals surface area contributed by atoms with Crippen LogP contribution in [0.3, 0.4) is 0 Å². The molecule has 106 valence electrons. The van der Waals surface area contributed by atoms with Gasteiger partial charge in [0.2, 0.25) is 0 Å². The summed E-state index contributed by atoms with van der Waals surface area (Å²) in [6, 6.07) is 4.62. The molecule has 2 N–H and O–H groups in total. The van der Waals surface area contributed by atoms with Crippen LogP contribution >= 0.6 is 11.6 Å². The van der Waals surface area contributed by atoms with Crippen molar-refractivity contribution in [2.45, 2.75) is 25.8 Å². The van der Waals surface area contributed by atoms with Crippen molar-refractivity contribution in [1.82, 2.24) is 20.2 Å². The topological polar surface area (TPSA) is 101 Å². The molecule has 0 aliphatic carbocycles. The Bertz CT molecular complexity index is 614. The first-order valence-corrected chi connectivity index (χ1v) is 6.42. The molecule has 2 aromatic rings. The maximum absolute atomic E-state index is 10.4. The Morgan fingerprint density at radius 2 is 2.15 bits per heavy atom. The van der Waals surface area contributed by atoms with Crippen LogP contribution in [0.1, 0.15) is 19.3 Å². The van der Waals surface area contributed by atoms with Gasteiger partial charge >= 0.3 is 5.97 Å². The lowest BCUT2D eigenvalue weighted by molar-refractivity contribution is -0.137. The van der Waals surface area contributed by atoms with Crippen LogP contribution in [0.5, 0.6) is 5.75 Å². The van der Waals surface area contributed by atoms with Gasteiger partial charge in [0.05, 0.1) is 5.56 Å². The largest absolute Gasteiger partial charge is 0.507 e. The molecule has 0 atom stereocenters. The van der Waals surface area contributed by atoms with Crippen molar-refractivity contribution in [1.29, 1.82) is 0 Å². The molecule has 0 aliphatic heterocycles. The van der Waals surface area contributed by atoms with Crippen LogP contribution in [0, 0.1) is 0 Å². The van der Waals surface area contributed by atoms with Crippen LogP contribution in [-0.4, -0.2) is 36.4 Å². The van der Waals surface area contributed by atoms with Gasteiger partial charge in [-0.15, -0.1) is 5.10 Å². The molecule has 0 saturated heterocycles. The summed E-state index contributed by atoms with van der Waals surface area (Å²) in [4.78, 5) is 10.4. The second-order valence-electron chi connectivity index (χ2n) is 4.24. The van der Waals surface area contributed by atoms with Crippen molar-refractivity contribution in [3.63, 3.8) is 0 Å². The number of aryl methyl sites for hydroxylation is 1. The van der Waals surface area contributed by atoms with E-state index in [0.717, 1.165) is 0 Å². The number of unbranched alkanes of at least 4 members (excludes halogenated alkanes) is 1. The standard InChI is InChI=1S/C12H13ClN4O3/c13-8-4-5-10(18)9(7-8)12-14-15-16-17(12)6-2-1-3-11(19)20/h4-5,7,18H,1-3,6H2,(H,19,20). The number of aromatic hydroxyl groups is 1. The van der Waals surface area contributed by atoms with E-state index in [1.165, 1.54) is 10.7 Å². The fourth-order valence-corrected chi connectivity index (χ4v) is 1.95. The molecular weight excluding hydrogens is 284 g/mol. The molecule has 0 saturated carbocycles. The number of rotatable bonds is 6. The summed E-state index contributed by atoms with van der Waals surface area (Å²) >= 11 is 5.89. The molecule has 20 heavy (non-hydrogen) atoms. The number of hydrogen-bond acceptors (Lipinski definition) is 5. The van der Waals surface area contributed by atoms with Crippen LogP contribution in [0.25, 0.3) is 11.4 Å². The summed E-state index contributed by atoms with van der Waals surface area (Å²) in [6.07, 6.45) is 1.28.